The fourth-order valence-corrected chi connectivity index (χ4v) is 2.88. The number of nitro groups is 1. The van der Waals surface area contributed by atoms with Gasteiger partial charge in [0.15, 0.2) is 5.69 Å². The van der Waals surface area contributed by atoms with Crippen LogP contribution in [-0.2, 0) is 4.99 Å². The van der Waals surface area contributed by atoms with Gasteiger partial charge in [-0.2, -0.15) is 0 Å². The molecule has 0 amide bonds. The predicted octanol–water partition coefficient (Wildman–Crippen LogP) is 5.68. The van der Waals surface area contributed by atoms with Crippen molar-refractivity contribution in [2.75, 3.05) is 17.8 Å². The molecule has 0 heterocycles. The molecule has 0 atom stereocenters. The van der Waals surface area contributed by atoms with Gasteiger partial charge >= 0.3 is 0 Å². The van der Waals surface area contributed by atoms with E-state index in [1.165, 1.54) is 6.07 Å². The molecule has 138 valence electrons. The summed E-state index contributed by atoms with van der Waals surface area (Å²) in [7, 11) is 1.82. The predicted molar refractivity (Wildman–Crippen MR) is 103 cm³/mol. The van der Waals surface area contributed by atoms with Crippen LogP contribution in [0.1, 0.15) is 0 Å². The lowest BCUT2D eigenvalue weighted by Gasteiger charge is -2.08. The van der Waals surface area contributed by atoms with Gasteiger partial charge in [-0.1, -0.05) is 35.9 Å². The van der Waals surface area contributed by atoms with Gasteiger partial charge in [-0.15, -0.1) is 15.2 Å². The van der Waals surface area contributed by atoms with Gasteiger partial charge in [0.2, 0.25) is 0 Å². The average Bonchev–Trinajstić information content (AvgIpc) is 2.66. The second-order valence-electron chi connectivity index (χ2n) is 5.40. The van der Waals surface area contributed by atoms with E-state index in [4.69, 9.17) is 16.9 Å². The number of halogens is 1. The number of benzene rings is 3. The number of hydrogen-bond acceptors (Lipinski definition) is 8. The summed E-state index contributed by atoms with van der Waals surface area (Å²) in [5, 5.41) is 32.8. The molecule has 0 spiro atoms. The van der Waals surface area contributed by atoms with Gasteiger partial charge < -0.3 is 5.32 Å². The maximum absolute atomic E-state index is 11.3. The van der Waals surface area contributed by atoms with Gasteiger partial charge in [-0.05, 0) is 18.2 Å². The van der Waals surface area contributed by atoms with Crippen molar-refractivity contribution in [3.05, 3.63) is 63.7 Å². The molecule has 0 aliphatic heterocycles. The molecular weight excluding hydrogens is 374 g/mol. The average molecular weight is 388 g/mol. The minimum Gasteiger partial charge on any atom is -0.388 e. The molecule has 0 unspecified atom stereocenters. The monoisotopic (exact) mass is 387 g/mol. The summed E-state index contributed by atoms with van der Waals surface area (Å²) < 4.78 is 0. The number of nitrogens with one attached hydrogen (secondary N) is 2. The quantitative estimate of drug-likeness (QED) is 0.216. The highest BCUT2D eigenvalue weighted by atomic mass is 35.5. The van der Waals surface area contributed by atoms with E-state index in [9.17, 15) is 10.1 Å². The summed E-state index contributed by atoms with van der Waals surface area (Å²) >= 11 is 6.10. The van der Waals surface area contributed by atoms with E-state index in [0.717, 1.165) is 22.5 Å². The maximum atomic E-state index is 11.3. The highest BCUT2D eigenvalue weighted by molar-refractivity contribution is 6.33. The summed E-state index contributed by atoms with van der Waals surface area (Å²) in [6.07, 6.45) is 0. The molecule has 0 bridgehead atoms. The van der Waals surface area contributed by atoms with Gasteiger partial charge in [0.25, 0.3) is 5.69 Å². The van der Waals surface area contributed by atoms with E-state index < -0.39 is 4.92 Å². The Hall–Kier alpha value is -3.27. The van der Waals surface area contributed by atoms with Gasteiger partial charge in [0.1, 0.15) is 0 Å². The number of fused-ring (bicyclic) bond motifs is 1. The molecule has 0 fully saturated rings. The molecule has 0 saturated carbocycles. The van der Waals surface area contributed by atoms with Crippen LogP contribution in [0.15, 0.2) is 58.8 Å². The molecule has 0 aliphatic rings. The molecule has 0 aromatic heterocycles. The molecule has 0 aliphatic carbocycles. The Balaban J connectivity index is 2.09. The largest absolute Gasteiger partial charge is 0.388 e. The first-order valence-corrected chi connectivity index (χ1v) is 8.08. The van der Waals surface area contributed by atoms with Crippen molar-refractivity contribution in [1.29, 1.82) is 0 Å². The van der Waals surface area contributed by atoms with Crippen molar-refractivity contribution in [3.63, 3.8) is 0 Å². The van der Waals surface area contributed by atoms with Crippen LogP contribution in [0.2, 0.25) is 5.02 Å². The standard InChI is InChI=1S/C17H14ClN5O4/c1-19-14-6-7-15(12-5-3-2-4-11(12)14)20-21-17-13(18)8-10(22-27-26)9-16(17)23(24)25/h2-9,19,22,26H,1H3. The minimum atomic E-state index is -0.648. The van der Waals surface area contributed by atoms with Crippen molar-refractivity contribution in [2.24, 2.45) is 10.2 Å². The third-order valence-electron chi connectivity index (χ3n) is 3.83. The molecule has 9 nitrogen and oxygen atoms in total. The Morgan fingerprint density at radius 2 is 1.89 bits per heavy atom. The Kier molecular flexibility index (Phi) is 5.46. The topological polar surface area (TPSA) is 121 Å². The fraction of sp³-hybridized carbons (Fsp3) is 0.0588. The van der Waals surface area contributed by atoms with Crippen LogP contribution >= 0.6 is 11.6 Å². The van der Waals surface area contributed by atoms with Gasteiger partial charge in [-0.3, -0.25) is 10.1 Å². The van der Waals surface area contributed by atoms with E-state index in [2.05, 4.69) is 26.0 Å². The van der Waals surface area contributed by atoms with Crippen LogP contribution in [0.4, 0.5) is 28.4 Å². The number of anilines is 2. The normalized spacial score (nSPS) is 11.1. The van der Waals surface area contributed by atoms with Crippen LogP contribution in [0, 0.1) is 10.1 Å². The van der Waals surface area contributed by atoms with Crippen LogP contribution in [0.3, 0.4) is 0 Å². The third-order valence-corrected chi connectivity index (χ3v) is 4.12. The van der Waals surface area contributed by atoms with Crippen molar-refractivity contribution < 1.29 is 15.2 Å². The van der Waals surface area contributed by atoms with Crippen LogP contribution in [-0.4, -0.2) is 17.2 Å². The molecule has 3 aromatic rings. The molecule has 0 saturated heterocycles. The molecule has 3 aromatic carbocycles. The lowest BCUT2D eigenvalue weighted by molar-refractivity contribution is -0.384. The van der Waals surface area contributed by atoms with Crippen molar-refractivity contribution in [2.45, 2.75) is 0 Å². The fourth-order valence-electron chi connectivity index (χ4n) is 2.63. The molecule has 3 rings (SSSR count). The Bertz CT molecular complexity index is 1040. The lowest BCUT2D eigenvalue weighted by atomic mass is 10.1. The number of hydrogen-bond donors (Lipinski definition) is 3. The Morgan fingerprint density at radius 3 is 2.56 bits per heavy atom. The molecule has 0 radical (unpaired) electrons. The van der Waals surface area contributed by atoms with E-state index in [-0.39, 0.29) is 22.1 Å². The first-order valence-electron chi connectivity index (χ1n) is 7.70. The first kappa shape index (κ1) is 18.5. The maximum Gasteiger partial charge on any atom is 0.300 e. The third kappa shape index (κ3) is 3.80. The van der Waals surface area contributed by atoms with Crippen LogP contribution in [0.5, 0.6) is 0 Å². The summed E-state index contributed by atoms with van der Waals surface area (Å²) in [6, 6.07) is 13.6. The van der Waals surface area contributed by atoms with Crippen LogP contribution < -0.4 is 10.8 Å². The molecular formula is C17H14ClN5O4. The highest BCUT2D eigenvalue weighted by Crippen LogP contribution is 2.40. The summed E-state index contributed by atoms with van der Waals surface area (Å²) in [4.78, 5) is 14.5. The van der Waals surface area contributed by atoms with Crippen molar-refractivity contribution >= 4 is 50.8 Å². The SMILES string of the molecule is CNc1ccc(N=Nc2c(Cl)cc(NOO)cc2[N+](=O)[O-])c2ccccc12. The number of nitro benzene ring substituents is 1. The first-order chi connectivity index (χ1) is 13.0. The van der Waals surface area contributed by atoms with E-state index in [1.807, 2.05) is 37.4 Å². The molecule has 3 N–H and O–H groups in total. The van der Waals surface area contributed by atoms with Gasteiger partial charge in [0, 0.05) is 29.6 Å². The number of nitrogens with zero attached hydrogens (tertiary/aromatic N) is 3. The van der Waals surface area contributed by atoms with E-state index in [1.54, 1.807) is 6.07 Å². The molecule has 10 heteroatoms. The zero-order valence-electron chi connectivity index (χ0n) is 14.0. The van der Waals surface area contributed by atoms with Crippen LogP contribution in [0.25, 0.3) is 10.8 Å². The second kappa shape index (κ2) is 7.96. The summed E-state index contributed by atoms with van der Waals surface area (Å²) in [5.74, 6) is 0. The second-order valence-corrected chi connectivity index (χ2v) is 5.81. The Labute approximate surface area is 158 Å². The molecule has 27 heavy (non-hydrogen) atoms. The lowest BCUT2D eigenvalue weighted by Crippen LogP contribution is -1.98. The zero-order valence-corrected chi connectivity index (χ0v) is 14.8. The summed E-state index contributed by atoms with van der Waals surface area (Å²) in [5.41, 5.74) is 3.13. The van der Waals surface area contributed by atoms with E-state index in [0.29, 0.717) is 5.69 Å². The van der Waals surface area contributed by atoms with E-state index >= 15 is 0 Å². The van der Waals surface area contributed by atoms with Gasteiger partial charge in [0.05, 0.1) is 21.3 Å². The van der Waals surface area contributed by atoms with Crippen molar-refractivity contribution in [3.8, 4) is 0 Å². The highest BCUT2D eigenvalue weighted by Gasteiger charge is 2.19. The van der Waals surface area contributed by atoms with Crippen molar-refractivity contribution in [1.82, 2.24) is 0 Å². The number of azo groups is 1. The smallest absolute Gasteiger partial charge is 0.300 e. The van der Waals surface area contributed by atoms with Gasteiger partial charge in [-0.25, -0.2) is 10.7 Å². The Morgan fingerprint density at radius 1 is 1.15 bits per heavy atom. The zero-order chi connectivity index (χ0) is 19.4. The summed E-state index contributed by atoms with van der Waals surface area (Å²) in [6.45, 7) is 0. The minimum absolute atomic E-state index is 0.0244. The number of rotatable bonds is 6.